The molecule has 1 aliphatic rings. The number of nitro benzene ring substituents is 1. The number of nitro groups is 1. The van der Waals surface area contributed by atoms with E-state index in [-0.39, 0.29) is 11.4 Å². The molecular formula is C18H20BFN2O4. The fraction of sp³-hybridized carbons (Fsp3) is 0.333. The fourth-order valence-electron chi connectivity index (χ4n) is 2.65. The molecule has 136 valence electrons. The van der Waals surface area contributed by atoms with E-state index in [0.29, 0.717) is 5.69 Å². The molecule has 1 fully saturated rings. The van der Waals surface area contributed by atoms with E-state index in [9.17, 15) is 14.5 Å². The summed E-state index contributed by atoms with van der Waals surface area (Å²) < 4.78 is 26.3. The van der Waals surface area contributed by atoms with Gasteiger partial charge in [-0.25, -0.2) is 4.39 Å². The average molecular weight is 358 g/mol. The summed E-state index contributed by atoms with van der Waals surface area (Å²) >= 11 is 0. The lowest BCUT2D eigenvalue weighted by molar-refractivity contribution is -0.385. The van der Waals surface area contributed by atoms with Crippen molar-refractivity contribution in [2.75, 3.05) is 5.32 Å². The van der Waals surface area contributed by atoms with Gasteiger partial charge in [0.1, 0.15) is 0 Å². The van der Waals surface area contributed by atoms with Crippen molar-refractivity contribution in [3.8, 4) is 0 Å². The molecule has 1 saturated heterocycles. The molecule has 26 heavy (non-hydrogen) atoms. The summed E-state index contributed by atoms with van der Waals surface area (Å²) in [5.74, 6) is -0.706. The Bertz CT molecular complexity index is 841. The number of non-ortho nitro benzene ring substituents is 1. The molecule has 8 heteroatoms. The van der Waals surface area contributed by atoms with Crippen LogP contribution in [0.15, 0.2) is 42.5 Å². The van der Waals surface area contributed by atoms with Gasteiger partial charge in [-0.3, -0.25) is 10.1 Å². The molecule has 0 aliphatic carbocycles. The molecule has 0 bridgehead atoms. The minimum Gasteiger partial charge on any atom is -0.399 e. The molecule has 2 aromatic carbocycles. The first-order valence-electron chi connectivity index (χ1n) is 8.26. The highest BCUT2D eigenvalue weighted by Crippen LogP contribution is 2.37. The summed E-state index contributed by atoms with van der Waals surface area (Å²) in [4.78, 5) is 10.1. The van der Waals surface area contributed by atoms with Crippen LogP contribution in [0.1, 0.15) is 27.7 Å². The van der Waals surface area contributed by atoms with E-state index in [0.717, 1.165) is 11.5 Å². The number of benzene rings is 2. The lowest BCUT2D eigenvalue weighted by atomic mass is 9.77. The van der Waals surface area contributed by atoms with Crippen molar-refractivity contribution in [3.63, 3.8) is 0 Å². The van der Waals surface area contributed by atoms with Crippen molar-refractivity contribution in [2.45, 2.75) is 38.9 Å². The Morgan fingerprint density at radius 2 is 1.65 bits per heavy atom. The van der Waals surface area contributed by atoms with E-state index < -0.39 is 29.1 Å². The normalized spacial score (nSPS) is 18.0. The van der Waals surface area contributed by atoms with Crippen LogP contribution < -0.4 is 10.8 Å². The number of hydrogen-bond acceptors (Lipinski definition) is 5. The quantitative estimate of drug-likeness (QED) is 0.512. The molecule has 6 nitrogen and oxygen atoms in total. The Morgan fingerprint density at radius 1 is 1.04 bits per heavy atom. The van der Waals surface area contributed by atoms with Gasteiger partial charge in [-0.05, 0) is 39.8 Å². The lowest BCUT2D eigenvalue weighted by Gasteiger charge is -2.32. The van der Waals surface area contributed by atoms with Crippen molar-refractivity contribution >= 4 is 29.6 Å². The number of anilines is 2. The molecular weight excluding hydrogens is 338 g/mol. The smallest absolute Gasteiger partial charge is 0.399 e. The van der Waals surface area contributed by atoms with E-state index >= 15 is 0 Å². The predicted octanol–water partition coefficient (Wildman–Crippen LogP) is 3.78. The highest BCUT2D eigenvalue weighted by atomic mass is 19.1. The maximum absolute atomic E-state index is 14.2. The number of para-hydroxylation sites is 1. The van der Waals surface area contributed by atoms with Crippen molar-refractivity contribution in [3.05, 3.63) is 58.4 Å². The van der Waals surface area contributed by atoms with Crippen molar-refractivity contribution in [1.82, 2.24) is 0 Å². The molecule has 1 aliphatic heterocycles. The molecule has 0 spiro atoms. The zero-order valence-corrected chi connectivity index (χ0v) is 15.1. The van der Waals surface area contributed by atoms with Crippen molar-refractivity contribution in [1.29, 1.82) is 0 Å². The van der Waals surface area contributed by atoms with Crippen LogP contribution in [-0.4, -0.2) is 23.2 Å². The van der Waals surface area contributed by atoms with Crippen molar-refractivity contribution in [2.24, 2.45) is 0 Å². The Labute approximate surface area is 151 Å². The topological polar surface area (TPSA) is 73.6 Å². The van der Waals surface area contributed by atoms with E-state index in [4.69, 9.17) is 9.31 Å². The summed E-state index contributed by atoms with van der Waals surface area (Å²) in [6.45, 7) is 7.83. The zero-order valence-electron chi connectivity index (χ0n) is 15.1. The number of hydrogen-bond donors (Lipinski definition) is 1. The molecule has 2 aromatic rings. The molecule has 0 amide bonds. The lowest BCUT2D eigenvalue weighted by Crippen LogP contribution is -2.41. The third-order valence-electron chi connectivity index (χ3n) is 4.90. The molecule has 0 unspecified atom stereocenters. The average Bonchev–Trinajstić information content (AvgIpc) is 2.77. The van der Waals surface area contributed by atoms with Crippen LogP contribution in [-0.2, 0) is 9.31 Å². The van der Waals surface area contributed by atoms with Crippen LogP contribution in [0.4, 0.5) is 21.5 Å². The van der Waals surface area contributed by atoms with E-state index in [1.165, 1.54) is 12.1 Å². The number of halogens is 1. The van der Waals surface area contributed by atoms with Gasteiger partial charge in [-0.15, -0.1) is 0 Å². The SMILES string of the molecule is CC1(C)OB(c2ccccc2Nc2ccc([N+](=O)[O-])cc2F)OC1(C)C. The fourth-order valence-corrected chi connectivity index (χ4v) is 2.65. The Kier molecular flexibility index (Phi) is 4.50. The third kappa shape index (κ3) is 3.30. The summed E-state index contributed by atoms with van der Waals surface area (Å²) in [6, 6.07) is 10.8. The predicted molar refractivity (Wildman–Crippen MR) is 98.5 cm³/mol. The second-order valence-corrected chi connectivity index (χ2v) is 7.22. The highest BCUT2D eigenvalue weighted by molar-refractivity contribution is 6.64. The van der Waals surface area contributed by atoms with Gasteiger partial charge in [0, 0.05) is 17.2 Å². The van der Waals surface area contributed by atoms with E-state index in [1.807, 2.05) is 39.8 Å². The van der Waals surface area contributed by atoms with Gasteiger partial charge in [-0.1, -0.05) is 18.2 Å². The monoisotopic (exact) mass is 358 g/mol. The molecule has 3 rings (SSSR count). The minimum absolute atomic E-state index is 0.138. The second kappa shape index (κ2) is 6.37. The molecule has 1 heterocycles. The second-order valence-electron chi connectivity index (χ2n) is 7.22. The van der Waals surface area contributed by atoms with Gasteiger partial charge >= 0.3 is 7.12 Å². The first-order chi connectivity index (χ1) is 12.1. The van der Waals surface area contributed by atoms with Crippen LogP contribution in [0.25, 0.3) is 0 Å². The molecule has 0 atom stereocenters. The van der Waals surface area contributed by atoms with Gasteiger partial charge in [0.15, 0.2) is 5.82 Å². The maximum Gasteiger partial charge on any atom is 0.496 e. The van der Waals surface area contributed by atoms with E-state index in [2.05, 4.69) is 5.32 Å². The van der Waals surface area contributed by atoms with Crippen molar-refractivity contribution < 1.29 is 18.6 Å². The van der Waals surface area contributed by atoms with Crippen LogP contribution in [0.5, 0.6) is 0 Å². The van der Waals surface area contributed by atoms with Crippen LogP contribution in [0.3, 0.4) is 0 Å². The molecule has 0 radical (unpaired) electrons. The highest BCUT2D eigenvalue weighted by Gasteiger charge is 2.52. The summed E-state index contributed by atoms with van der Waals surface area (Å²) in [7, 11) is -0.607. The number of nitrogens with zero attached hydrogens (tertiary/aromatic N) is 1. The number of nitrogens with one attached hydrogen (secondary N) is 1. The van der Waals surface area contributed by atoms with Crippen LogP contribution in [0.2, 0.25) is 0 Å². The maximum atomic E-state index is 14.2. The van der Waals surface area contributed by atoms with Gasteiger partial charge < -0.3 is 14.6 Å². The number of rotatable bonds is 4. The minimum atomic E-state index is -0.706. The first-order valence-corrected chi connectivity index (χ1v) is 8.26. The van der Waals surface area contributed by atoms with Gasteiger partial charge in [-0.2, -0.15) is 0 Å². The third-order valence-corrected chi connectivity index (χ3v) is 4.90. The molecule has 0 saturated carbocycles. The molecule has 0 aromatic heterocycles. The largest absolute Gasteiger partial charge is 0.496 e. The van der Waals surface area contributed by atoms with Gasteiger partial charge in [0.25, 0.3) is 5.69 Å². The van der Waals surface area contributed by atoms with E-state index in [1.54, 1.807) is 12.1 Å². The Hall–Kier alpha value is -2.45. The summed E-state index contributed by atoms with van der Waals surface area (Å²) in [6.07, 6.45) is 0. The Balaban J connectivity index is 1.91. The summed E-state index contributed by atoms with van der Waals surface area (Å²) in [5.41, 5.74) is 0.182. The van der Waals surface area contributed by atoms with Gasteiger partial charge in [0.2, 0.25) is 0 Å². The summed E-state index contributed by atoms with van der Waals surface area (Å²) in [5, 5.41) is 13.7. The van der Waals surface area contributed by atoms with Crippen LogP contribution in [0, 0.1) is 15.9 Å². The van der Waals surface area contributed by atoms with Gasteiger partial charge in [0.05, 0.1) is 27.9 Å². The van der Waals surface area contributed by atoms with Crippen LogP contribution >= 0.6 is 0 Å². The molecule has 1 N–H and O–H groups in total. The first kappa shape index (κ1) is 18.3. The Morgan fingerprint density at radius 3 is 2.23 bits per heavy atom. The standard InChI is InChI=1S/C18H20BFN2O4/c1-17(2)18(3,4)26-19(25-17)13-7-5-6-8-15(13)21-16-10-9-12(22(23)24)11-14(16)20/h5-11,21H,1-4H3. The zero-order chi connectivity index (χ0) is 19.1.